The van der Waals surface area contributed by atoms with E-state index in [-0.39, 0.29) is 17.9 Å². The van der Waals surface area contributed by atoms with Crippen molar-refractivity contribution in [1.29, 1.82) is 0 Å². The van der Waals surface area contributed by atoms with Crippen LogP contribution in [0.1, 0.15) is 54.9 Å². The molecule has 1 N–H and O–H groups in total. The van der Waals surface area contributed by atoms with E-state index in [1.54, 1.807) is 4.90 Å². The molecule has 172 valence electrons. The molecule has 0 aromatic heterocycles. The molecule has 0 bridgehead atoms. The van der Waals surface area contributed by atoms with Crippen LogP contribution >= 0.6 is 0 Å². The Hall–Kier alpha value is -2.38. The number of benzene rings is 1. The van der Waals surface area contributed by atoms with Crippen LogP contribution < -0.4 is 10.1 Å². The molecule has 3 fully saturated rings. The minimum absolute atomic E-state index is 0.0715. The normalized spacial score (nSPS) is 28.1. The van der Waals surface area contributed by atoms with E-state index in [0.29, 0.717) is 36.9 Å². The maximum atomic E-state index is 13.0. The maximum Gasteiger partial charge on any atom is 0.255 e. The average Bonchev–Trinajstić information content (AvgIpc) is 3.32. The van der Waals surface area contributed by atoms with Crippen LogP contribution in [0.2, 0.25) is 0 Å². The summed E-state index contributed by atoms with van der Waals surface area (Å²) in [7, 11) is 0. The Morgan fingerprint density at radius 3 is 2.81 bits per heavy atom. The summed E-state index contributed by atoms with van der Waals surface area (Å²) in [5.41, 5.74) is 2.35. The number of nitrogens with one attached hydrogen (secondary N) is 1. The number of fused-ring (bicyclic) bond motifs is 1. The molecule has 1 aliphatic carbocycles. The van der Waals surface area contributed by atoms with Crippen molar-refractivity contribution >= 4 is 11.8 Å². The van der Waals surface area contributed by atoms with Gasteiger partial charge in [0.25, 0.3) is 5.91 Å². The van der Waals surface area contributed by atoms with Gasteiger partial charge in [0.15, 0.2) is 0 Å². The highest BCUT2D eigenvalue weighted by molar-refractivity contribution is 6.01. The summed E-state index contributed by atoms with van der Waals surface area (Å²) < 4.78 is 11.8. The molecule has 7 heteroatoms. The topological polar surface area (TPSA) is 71.1 Å². The number of carbonyl (C=O) groups is 2. The Bertz CT molecular complexity index is 912. The van der Waals surface area contributed by atoms with Crippen molar-refractivity contribution in [2.75, 3.05) is 26.3 Å². The van der Waals surface area contributed by atoms with Crippen LogP contribution in [0, 0.1) is 5.92 Å². The van der Waals surface area contributed by atoms with Crippen molar-refractivity contribution in [3.63, 3.8) is 0 Å². The molecule has 4 aliphatic rings. The van der Waals surface area contributed by atoms with Crippen LogP contribution in [0.5, 0.6) is 5.75 Å². The van der Waals surface area contributed by atoms with Gasteiger partial charge in [-0.05, 0) is 62.4 Å². The number of ether oxygens (including phenoxy) is 2. The zero-order valence-electron chi connectivity index (χ0n) is 18.8. The Kier molecular flexibility index (Phi) is 5.95. The highest BCUT2D eigenvalue weighted by Crippen LogP contribution is 2.34. The Labute approximate surface area is 189 Å². The molecule has 0 spiro atoms. The summed E-state index contributed by atoms with van der Waals surface area (Å²) in [4.78, 5) is 29.6. The minimum Gasteiger partial charge on any atom is -0.489 e. The van der Waals surface area contributed by atoms with Gasteiger partial charge in [-0.2, -0.15) is 0 Å². The van der Waals surface area contributed by atoms with E-state index in [1.165, 1.54) is 6.42 Å². The predicted octanol–water partition coefficient (Wildman–Crippen LogP) is 2.70. The van der Waals surface area contributed by atoms with Gasteiger partial charge in [-0.1, -0.05) is 13.5 Å². The number of nitrogens with zero attached hydrogens (tertiary/aromatic N) is 2. The fourth-order valence-electron chi connectivity index (χ4n) is 5.56. The Balaban J connectivity index is 1.26. The lowest BCUT2D eigenvalue weighted by Gasteiger charge is -2.37. The summed E-state index contributed by atoms with van der Waals surface area (Å²) >= 11 is 0. The molecule has 0 radical (unpaired) electrons. The van der Waals surface area contributed by atoms with E-state index < -0.39 is 6.04 Å². The first-order valence-corrected chi connectivity index (χ1v) is 11.9. The van der Waals surface area contributed by atoms with Gasteiger partial charge < -0.3 is 19.7 Å². The summed E-state index contributed by atoms with van der Waals surface area (Å²) in [6, 6.07) is 5.76. The number of rotatable bonds is 7. The number of hydrogen-bond donors (Lipinski definition) is 1. The molecule has 1 aromatic carbocycles. The van der Waals surface area contributed by atoms with Crippen LogP contribution in [0.15, 0.2) is 30.5 Å². The number of amides is 2. The third-order valence-corrected chi connectivity index (χ3v) is 7.39. The van der Waals surface area contributed by atoms with Crippen LogP contribution in [0.25, 0.3) is 0 Å². The molecule has 1 unspecified atom stereocenters. The van der Waals surface area contributed by atoms with Gasteiger partial charge in [0.2, 0.25) is 5.91 Å². The number of likely N-dealkylation sites (N-methyl/N-ethyl adjacent to an activating group) is 1. The zero-order valence-corrected chi connectivity index (χ0v) is 18.8. The first-order valence-electron chi connectivity index (χ1n) is 11.9. The van der Waals surface area contributed by atoms with E-state index in [9.17, 15) is 9.59 Å². The molecule has 3 heterocycles. The van der Waals surface area contributed by atoms with Gasteiger partial charge in [-0.25, -0.2) is 0 Å². The summed E-state index contributed by atoms with van der Waals surface area (Å²) in [6.07, 6.45) is 4.87. The lowest BCUT2D eigenvalue weighted by atomic mass is 10.0. The largest absolute Gasteiger partial charge is 0.489 e. The van der Waals surface area contributed by atoms with E-state index in [4.69, 9.17) is 9.47 Å². The second-order valence-electron chi connectivity index (χ2n) is 9.54. The first kappa shape index (κ1) is 21.5. The molecule has 32 heavy (non-hydrogen) atoms. The van der Waals surface area contributed by atoms with Gasteiger partial charge in [0, 0.05) is 36.3 Å². The van der Waals surface area contributed by atoms with Crippen molar-refractivity contribution in [2.45, 2.75) is 63.8 Å². The van der Waals surface area contributed by atoms with Crippen molar-refractivity contribution in [3.05, 3.63) is 41.6 Å². The molecule has 1 saturated carbocycles. The molecule has 3 aliphatic heterocycles. The zero-order chi connectivity index (χ0) is 22.2. The van der Waals surface area contributed by atoms with E-state index >= 15 is 0 Å². The molecule has 7 nitrogen and oxygen atoms in total. The van der Waals surface area contributed by atoms with Crippen LogP contribution in [-0.4, -0.2) is 66.1 Å². The minimum atomic E-state index is -0.433. The van der Waals surface area contributed by atoms with Crippen molar-refractivity contribution in [3.8, 4) is 5.75 Å². The van der Waals surface area contributed by atoms with Gasteiger partial charge in [-0.15, -0.1) is 0 Å². The van der Waals surface area contributed by atoms with Gasteiger partial charge in [0.05, 0.1) is 13.2 Å². The third-order valence-electron chi connectivity index (χ3n) is 7.39. The Morgan fingerprint density at radius 1 is 1.25 bits per heavy atom. The van der Waals surface area contributed by atoms with E-state index in [1.807, 2.05) is 18.2 Å². The molecule has 2 amide bonds. The lowest BCUT2D eigenvalue weighted by Crippen LogP contribution is -2.49. The second-order valence-corrected chi connectivity index (χ2v) is 9.54. The lowest BCUT2D eigenvalue weighted by molar-refractivity contribution is -0.126. The van der Waals surface area contributed by atoms with Crippen LogP contribution in [-0.2, 0) is 16.1 Å². The van der Waals surface area contributed by atoms with E-state index in [2.05, 4.69) is 23.7 Å². The van der Waals surface area contributed by atoms with Crippen LogP contribution in [0.4, 0.5) is 0 Å². The average molecular weight is 440 g/mol. The Morgan fingerprint density at radius 2 is 2.09 bits per heavy atom. The summed E-state index contributed by atoms with van der Waals surface area (Å²) in [6.45, 7) is 10.3. The van der Waals surface area contributed by atoms with Gasteiger partial charge in [-0.3, -0.25) is 14.5 Å². The van der Waals surface area contributed by atoms with Crippen molar-refractivity contribution < 1.29 is 19.1 Å². The number of piperidine rings is 1. The van der Waals surface area contributed by atoms with E-state index in [0.717, 1.165) is 56.2 Å². The summed E-state index contributed by atoms with van der Waals surface area (Å²) in [5, 5.41) is 2.79. The second kappa shape index (κ2) is 8.87. The number of hydrogen-bond acceptors (Lipinski definition) is 5. The molecular formula is C25H33N3O4. The molecular weight excluding hydrogens is 406 g/mol. The molecule has 3 atom stereocenters. The van der Waals surface area contributed by atoms with Crippen molar-refractivity contribution in [2.24, 2.45) is 5.92 Å². The smallest absolute Gasteiger partial charge is 0.255 e. The van der Waals surface area contributed by atoms with Crippen LogP contribution in [0.3, 0.4) is 0 Å². The summed E-state index contributed by atoms with van der Waals surface area (Å²) in [5.74, 6) is 1.25. The fourth-order valence-corrected chi connectivity index (χ4v) is 5.56. The fraction of sp³-hybridized carbons (Fsp3) is 0.600. The first-order chi connectivity index (χ1) is 15.5. The highest BCUT2D eigenvalue weighted by atomic mass is 16.5. The SMILES string of the molecule is C=C1CCC(N2Cc3cc(O[C@@H]4CCC[C@H]4N(CC)CC4COC4)ccc3C2=O)C(=O)N1. The third kappa shape index (κ3) is 4.04. The highest BCUT2D eigenvalue weighted by Gasteiger charge is 2.39. The molecule has 2 saturated heterocycles. The predicted molar refractivity (Wildman–Crippen MR) is 120 cm³/mol. The van der Waals surface area contributed by atoms with Gasteiger partial charge in [0.1, 0.15) is 17.9 Å². The standard InChI is InChI=1S/C25H33N3O4/c1-3-27(12-17-14-31-15-17)21-5-4-6-23(21)32-19-8-9-20-18(11-19)13-28(25(20)30)22-10-7-16(2)26-24(22)29/h8-9,11,17,21-23H,2-7,10,12-15H2,1H3,(H,26,29)/t21-,22?,23-/m1/s1. The number of carbonyl (C=O) groups excluding carboxylic acids is 2. The number of allylic oxidation sites excluding steroid dienone is 1. The quantitative estimate of drug-likeness (QED) is 0.707. The molecule has 5 rings (SSSR count). The van der Waals surface area contributed by atoms with Crippen molar-refractivity contribution in [1.82, 2.24) is 15.1 Å². The maximum absolute atomic E-state index is 13.0. The monoisotopic (exact) mass is 439 g/mol. The molecule has 1 aromatic rings. The van der Waals surface area contributed by atoms with Gasteiger partial charge >= 0.3 is 0 Å².